The van der Waals surface area contributed by atoms with Crippen LogP contribution in [0.2, 0.25) is 0 Å². The smallest absolute Gasteiger partial charge is 0.0456 e. The van der Waals surface area contributed by atoms with Crippen molar-refractivity contribution >= 4 is 45.3 Å². The lowest BCUT2D eigenvalue weighted by molar-refractivity contribution is 1.11. The Hall–Kier alpha value is -1.78. The molecule has 4 aromatic rings. The minimum atomic E-state index is 1.07. The molecule has 0 atom stereocenters. The van der Waals surface area contributed by atoms with Crippen LogP contribution in [0.15, 0.2) is 60.7 Å². The summed E-state index contributed by atoms with van der Waals surface area (Å²) in [5.41, 5.74) is 5.15. The highest BCUT2D eigenvalue weighted by atomic mass is 32.2. The average Bonchev–Trinajstić information content (AvgIpc) is 3.23. The predicted octanol–water partition coefficient (Wildman–Crippen LogP) is 6.21. The second-order valence-electron chi connectivity index (χ2n) is 6.22. The summed E-state index contributed by atoms with van der Waals surface area (Å²) >= 11 is 4.04. The van der Waals surface area contributed by atoms with Crippen LogP contribution in [-0.2, 0) is 11.5 Å². The Bertz CT molecular complexity index is 811. The van der Waals surface area contributed by atoms with Gasteiger partial charge in [0.15, 0.2) is 0 Å². The largest absolute Gasteiger partial charge is 0.358 e. The van der Waals surface area contributed by atoms with Crippen LogP contribution < -0.4 is 0 Å². The molecule has 0 aliphatic carbocycles. The van der Waals surface area contributed by atoms with Crippen molar-refractivity contribution in [3.63, 3.8) is 0 Å². The zero-order valence-corrected chi connectivity index (χ0v) is 15.8. The monoisotopic (exact) mass is 366 g/mol. The van der Waals surface area contributed by atoms with Gasteiger partial charge in [-0.3, -0.25) is 0 Å². The molecule has 0 fully saturated rings. The molecule has 2 aromatic carbocycles. The summed E-state index contributed by atoms with van der Waals surface area (Å²) in [6.07, 6.45) is 1.26. The first-order valence-electron chi connectivity index (χ1n) is 8.67. The van der Waals surface area contributed by atoms with Gasteiger partial charge in [-0.15, -0.1) is 0 Å². The van der Waals surface area contributed by atoms with E-state index in [2.05, 4.69) is 70.6 Å². The number of para-hydroxylation sites is 2. The highest BCUT2D eigenvalue weighted by Gasteiger charge is 2.02. The first-order valence-corrected chi connectivity index (χ1v) is 11.0. The molecule has 0 amide bonds. The van der Waals surface area contributed by atoms with Crippen molar-refractivity contribution in [2.45, 2.75) is 17.9 Å². The molecule has 25 heavy (non-hydrogen) atoms. The van der Waals surface area contributed by atoms with Crippen LogP contribution in [-0.4, -0.2) is 21.5 Å². The van der Waals surface area contributed by atoms with Crippen LogP contribution in [0.4, 0.5) is 0 Å². The number of hydrogen-bond acceptors (Lipinski definition) is 2. The molecule has 2 nitrogen and oxygen atoms in total. The number of H-pyrrole nitrogens is 2. The lowest BCUT2D eigenvalue weighted by Crippen LogP contribution is -1.88. The molecule has 0 radical (unpaired) electrons. The van der Waals surface area contributed by atoms with E-state index in [-0.39, 0.29) is 0 Å². The van der Waals surface area contributed by atoms with Crippen molar-refractivity contribution in [1.29, 1.82) is 0 Å². The molecular formula is C21H22N2S2. The molecule has 4 rings (SSSR count). The first-order chi connectivity index (χ1) is 12.4. The summed E-state index contributed by atoms with van der Waals surface area (Å²) in [5.74, 6) is 4.58. The van der Waals surface area contributed by atoms with Gasteiger partial charge >= 0.3 is 0 Å². The van der Waals surface area contributed by atoms with E-state index >= 15 is 0 Å². The Morgan fingerprint density at radius 1 is 0.640 bits per heavy atom. The minimum absolute atomic E-state index is 1.07. The van der Waals surface area contributed by atoms with Gasteiger partial charge in [0.25, 0.3) is 0 Å². The third kappa shape index (κ3) is 4.25. The maximum atomic E-state index is 3.50. The molecule has 0 unspecified atom stereocenters. The van der Waals surface area contributed by atoms with Gasteiger partial charge in [-0.1, -0.05) is 36.4 Å². The van der Waals surface area contributed by atoms with Crippen LogP contribution in [0.5, 0.6) is 0 Å². The molecule has 0 spiro atoms. The fourth-order valence-corrected chi connectivity index (χ4v) is 4.97. The van der Waals surface area contributed by atoms with E-state index in [1.165, 1.54) is 51.1 Å². The summed E-state index contributed by atoms with van der Waals surface area (Å²) in [4.78, 5) is 7.00. The lowest BCUT2D eigenvalue weighted by Gasteiger charge is -2.01. The molecule has 2 aromatic heterocycles. The molecule has 2 heterocycles. The topological polar surface area (TPSA) is 31.6 Å². The summed E-state index contributed by atoms with van der Waals surface area (Å²) in [6, 6.07) is 21.5. The summed E-state index contributed by atoms with van der Waals surface area (Å²) in [6.45, 7) is 0. The van der Waals surface area contributed by atoms with E-state index in [1.54, 1.807) is 0 Å². The number of aromatic nitrogens is 2. The molecule has 0 saturated heterocycles. The van der Waals surface area contributed by atoms with Gasteiger partial charge in [-0.25, -0.2) is 0 Å². The molecule has 2 N–H and O–H groups in total. The van der Waals surface area contributed by atoms with Crippen LogP contribution in [0, 0.1) is 0 Å². The molecular weight excluding hydrogens is 344 g/mol. The maximum Gasteiger partial charge on any atom is 0.0456 e. The Balaban J connectivity index is 1.15. The van der Waals surface area contributed by atoms with Crippen LogP contribution in [0.3, 0.4) is 0 Å². The fourth-order valence-electron chi connectivity index (χ4n) is 3.05. The first kappa shape index (κ1) is 16.7. The van der Waals surface area contributed by atoms with Gasteiger partial charge in [0.2, 0.25) is 0 Å². The highest BCUT2D eigenvalue weighted by Crippen LogP contribution is 2.21. The minimum Gasteiger partial charge on any atom is -0.358 e. The maximum absolute atomic E-state index is 3.50. The Morgan fingerprint density at radius 3 is 1.60 bits per heavy atom. The Kier molecular flexibility index (Phi) is 5.38. The molecule has 0 aliphatic heterocycles. The Labute approximate surface area is 156 Å². The van der Waals surface area contributed by atoms with E-state index < -0.39 is 0 Å². The summed E-state index contributed by atoms with van der Waals surface area (Å²) < 4.78 is 0. The molecule has 128 valence electrons. The Morgan fingerprint density at radius 2 is 1.12 bits per heavy atom. The number of nitrogens with one attached hydrogen (secondary N) is 2. The van der Waals surface area contributed by atoms with Crippen LogP contribution in [0.1, 0.15) is 17.8 Å². The van der Waals surface area contributed by atoms with Crippen molar-refractivity contribution in [1.82, 2.24) is 9.97 Å². The number of benzene rings is 2. The number of rotatable bonds is 8. The zero-order chi connectivity index (χ0) is 16.9. The second-order valence-corrected chi connectivity index (χ2v) is 8.43. The van der Waals surface area contributed by atoms with Gasteiger partial charge < -0.3 is 9.97 Å². The van der Waals surface area contributed by atoms with E-state index in [4.69, 9.17) is 0 Å². The van der Waals surface area contributed by atoms with E-state index in [0.29, 0.717) is 0 Å². The van der Waals surface area contributed by atoms with E-state index in [1.807, 2.05) is 23.5 Å². The van der Waals surface area contributed by atoms with Gasteiger partial charge in [-0.05, 0) is 53.0 Å². The average molecular weight is 367 g/mol. The van der Waals surface area contributed by atoms with Crippen LogP contribution in [0.25, 0.3) is 21.8 Å². The van der Waals surface area contributed by atoms with Crippen LogP contribution >= 0.6 is 23.5 Å². The predicted molar refractivity (Wildman–Crippen MR) is 114 cm³/mol. The molecule has 4 heteroatoms. The van der Waals surface area contributed by atoms with Crippen molar-refractivity contribution in [3.05, 3.63) is 72.1 Å². The molecule has 0 aliphatic rings. The van der Waals surface area contributed by atoms with Crippen molar-refractivity contribution in [2.24, 2.45) is 0 Å². The standard InChI is InChI=1S/C21H22N2S2/c1-3-8-20-16(6-1)12-18(22-20)14-24-10-5-11-25-15-19-13-17-7-2-4-9-21(17)23-19/h1-4,6-9,12-13,22-23H,5,10-11,14-15H2. The van der Waals surface area contributed by atoms with Gasteiger partial charge in [0, 0.05) is 33.9 Å². The van der Waals surface area contributed by atoms with Crippen molar-refractivity contribution in [2.75, 3.05) is 11.5 Å². The molecule has 0 saturated carbocycles. The molecule has 0 bridgehead atoms. The second kappa shape index (κ2) is 8.07. The quantitative estimate of drug-likeness (QED) is 0.363. The lowest BCUT2D eigenvalue weighted by atomic mass is 10.2. The van der Waals surface area contributed by atoms with E-state index in [0.717, 1.165) is 11.5 Å². The number of hydrogen-bond donors (Lipinski definition) is 2. The SMILES string of the molecule is c1ccc2[nH]c(CSCCCSCc3cc4ccccc4[nH]3)cc2c1. The van der Waals surface area contributed by atoms with Gasteiger partial charge in [0.1, 0.15) is 0 Å². The third-order valence-corrected chi connectivity index (χ3v) is 6.45. The zero-order valence-electron chi connectivity index (χ0n) is 14.1. The van der Waals surface area contributed by atoms with Gasteiger partial charge in [0.05, 0.1) is 0 Å². The summed E-state index contributed by atoms with van der Waals surface area (Å²) in [7, 11) is 0. The fraction of sp³-hybridized carbons (Fsp3) is 0.238. The number of aromatic amines is 2. The van der Waals surface area contributed by atoms with Crippen molar-refractivity contribution in [3.8, 4) is 0 Å². The van der Waals surface area contributed by atoms with Gasteiger partial charge in [-0.2, -0.15) is 23.5 Å². The van der Waals surface area contributed by atoms with Crippen molar-refractivity contribution < 1.29 is 0 Å². The highest BCUT2D eigenvalue weighted by molar-refractivity contribution is 7.99. The third-order valence-electron chi connectivity index (χ3n) is 4.26. The number of thioether (sulfide) groups is 2. The number of fused-ring (bicyclic) bond motifs is 2. The normalized spacial score (nSPS) is 11.5. The summed E-state index contributed by atoms with van der Waals surface area (Å²) in [5, 5.41) is 2.62. The van der Waals surface area contributed by atoms with E-state index in [9.17, 15) is 0 Å².